The van der Waals surface area contributed by atoms with Crippen molar-refractivity contribution in [1.82, 2.24) is 4.57 Å². The van der Waals surface area contributed by atoms with Gasteiger partial charge < -0.3 is 13.9 Å². The number of anilines is 3. The summed E-state index contributed by atoms with van der Waals surface area (Å²) >= 11 is 0. The van der Waals surface area contributed by atoms with E-state index in [-0.39, 0.29) is 0 Å². The topological polar surface area (TPSA) is 21.3 Å². The molecule has 0 saturated carbocycles. The number of benzene rings is 11. The lowest BCUT2D eigenvalue weighted by atomic mass is 9.97. The summed E-state index contributed by atoms with van der Waals surface area (Å²) in [6.45, 7) is 0. The van der Waals surface area contributed by atoms with E-state index in [1.165, 1.54) is 71.9 Å². The summed E-state index contributed by atoms with van der Waals surface area (Å²) in [5, 5.41) is 4.84. The maximum Gasteiger partial charge on any atom is 0.136 e. The minimum atomic E-state index is 0.908. The quantitative estimate of drug-likeness (QED) is 0.144. The van der Waals surface area contributed by atoms with Crippen LogP contribution in [0, 0.1) is 0 Å². The zero-order chi connectivity index (χ0) is 45.7. The van der Waals surface area contributed by atoms with E-state index in [0.29, 0.717) is 0 Å². The second-order valence-corrected chi connectivity index (χ2v) is 17.7. The van der Waals surface area contributed by atoms with Gasteiger partial charge in [-0.1, -0.05) is 194 Å². The van der Waals surface area contributed by atoms with Crippen LogP contribution < -0.4 is 4.90 Å². The third kappa shape index (κ3) is 7.25. The Bertz CT molecular complexity index is 3890. The Labute approximate surface area is 401 Å². The zero-order valence-electron chi connectivity index (χ0n) is 37.7. The van der Waals surface area contributed by atoms with Gasteiger partial charge in [-0.2, -0.15) is 0 Å². The van der Waals surface area contributed by atoms with E-state index in [0.717, 1.165) is 50.3 Å². The fourth-order valence-corrected chi connectivity index (χ4v) is 10.2. The van der Waals surface area contributed by atoms with Crippen molar-refractivity contribution in [2.75, 3.05) is 4.90 Å². The smallest absolute Gasteiger partial charge is 0.136 e. The number of hydrogen-bond acceptors (Lipinski definition) is 2. The number of hydrogen-bond donors (Lipinski definition) is 0. The molecule has 13 rings (SSSR count). The van der Waals surface area contributed by atoms with Gasteiger partial charge in [-0.15, -0.1) is 0 Å². The van der Waals surface area contributed by atoms with Crippen LogP contribution >= 0.6 is 0 Å². The van der Waals surface area contributed by atoms with Crippen LogP contribution in [0.2, 0.25) is 0 Å². The molecule has 0 atom stereocenters. The van der Waals surface area contributed by atoms with Gasteiger partial charge >= 0.3 is 0 Å². The lowest BCUT2D eigenvalue weighted by molar-refractivity contribution is 0.669. The molecule has 0 bridgehead atoms. The molecule has 0 saturated heterocycles. The molecule has 0 aliphatic heterocycles. The molecule has 3 nitrogen and oxygen atoms in total. The molecule has 0 spiro atoms. The number of furan rings is 1. The van der Waals surface area contributed by atoms with E-state index in [1.807, 2.05) is 12.1 Å². The Kier molecular flexibility index (Phi) is 9.84. The molecule has 2 aromatic heterocycles. The fraction of sp³-hybridized carbons (Fsp3) is 0. The van der Waals surface area contributed by atoms with E-state index in [1.54, 1.807) is 0 Å². The van der Waals surface area contributed by atoms with Crippen molar-refractivity contribution in [3.63, 3.8) is 0 Å². The first-order valence-electron chi connectivity index (χ1n) is 23.6. The average Bonchev–Trinajstić information content (AvgIpc) is 3.98. The number of nitrogens with zero attached hydrogens (tertiary/aromatic N) is 2. The molecule has 0 aliphatic rings. The second-order valence-electron chi connectivity index (χ2n) is 17.7. The highest BCUT2D eigenvalue weighted by Gasteiger charge is 2.16. The Morgan fingerprint density at radius 1 is 0.261 bits per heavy atom. The largest absolute Gasteiger partial charge is 0.456 e. The number of para-hydroxylation sites is 3. The SMILES string of the molecule is c1ccc(-c2ccc(N(c3ccc(-c4ccc(-c5ccc(-n6c7ccccc7c7ccccc76)cc5)cc4)cc3)c3ccc(-c4ccc(-c5cccc6oc7ccccc7c56)cc4)cc3)cc2)cc1. The molecule has 69 heavy (non-hydrogen) atoms. The predicted molar refractivity (Wildman–Crippen MR) is 290 cm³/mol. The van der Waals surface area contributed by atoms with Crippen molar-refractivity contribution in [1.29, 1.82) is 0 Å². The van der Waals surface area contributed by atoms with Crippen LogP contribution in [0.5, 0.6) is 0 Å². The second kappa shape index (κ2) is 16.9. The summed E-state index contributed by atoms with van der Waals surface area (Å²) in [4.78, 5) is 2.34. The number of fused-ring (bicyclic) bond motifs is 6. The summed E-state index contributed by atoms with van der Waals surface area (Å²) in [6.07, 6.45) is 0. The highest BCUT2D eigenvalue weighted by atomic mass is 16.3. The Hall–Kier alpha value is -9.18. The van der Waals surface area contributed by atoms with Gasteiger partial charge in [0.25, 0.3) is 0 Å². The van der Waals surface area contributed by atoms with Crippen molar-refractivity contribution in [2.24, 2.45) is 0 Å². The van der Waals surface area contributed by atoms with Gasteiger partial charge in [0.1, 0.15) is 11.2 Å². The third-order valence-corrected chi connectivity index (χ3v) is 13.7. The lowest BCUT2D eigenvalue weighted by Gasteiger charge is -2.26. The Balaban J connectivity index is 0.778. The van der Waals surface area contributed by atoms with Crippen LogP contribution in [0.15, 0.2) is 271 Å². The molecule has 2 heterocycles. The molecule has 324 valence electrons. The first kappa shape index (κ1) is 40.1. The maximum absolute atomic E-state index is 6.19. The molecule has 0 aliphatic carbocycles. The summed E-state index contributed by atoms with van der Waals surface area (Å²) in [6, 6.07) is 96.0. The normalized spacial score (nSPS) is 11.5. The van der Waals surface area contributed by atoms with Crippen molar-refractivity contribution in [3.8, 4) is 61.3 Å². The molecule has 0 unspecified atom stereocenters. The molecule has 0 N–H and O–H groups in total. The molecule has 0 fully saturated rings. The minimum Gasteiger partial charge on any atom is -0.456 e. The minimum absolute atomic E-state index is 0.908. The highest BCUT2D eigenvalue weighted by Crippen LogP contribution is 2.40. The molecular formula is C66H44N2O. The Morgan fingerprint density at radius 3 is 1.12 bits per heavy atom. The van der Waals surface area contributed by atoms with E-state index in [9.17, 15) is 0 Å². The molecule has 11 aromatic carbocycles. The first-order valence-corrected chi connectivity index (χ1v) is 23.6. The standard InChI is InChI=1S/C66H44N2O/c1-2-11-45(12-3-1)49-29-37-54(38-30-49)67(56-41-33-51(34-42-56)48-25-27-53(28-26-48)58-16-10-20-65-66(58)61-15-6-9-19-64(61)69-65)55-39-31-50(32-40-55)46-21-23-47(24-22-46)52-35-43-57(44-36-52)68-62-17-7-4-13-59(62)60-14-5-8-18-63(60)68/h1-44H. The van der Waals surface area contributed by atoms with E-state index < -0.39 is 0 Å². The summed E-state index contributed by atoms with van der Waals surface area (Å²) in [5.41, 5.74) is 20.5. The monoisotopic (exact) mass is 880 g/mol. The number of rotatable bonds is 9. The zero-order valence-corrected chi connectivity index (χ0v) is 37.7. The molecule has 3 heteroatoms. The average molecular weight is 881 g/mol. The third-order valence-electron chi connectivity index (χ3n) is 13.7. The van der Waals surface area contributed by atoms with Gasteiger partial charge in [-0.05, 0) is 128 Å². The van der Waals surface area contributed by atoms with E-state index in [2.05, 4.69) is 264 Å². The van der Waals surface area contributed by atoms with Gasteiger partial charge in [-0.25, -0.2) is 0 Å². The fourth-order valence-electron chi connectivity index (χ4n) is 10.2. The highest BCUT2D eigenvalue weighted by molar-refractivity contribution is 6.12. The van der Waals surface area contributed by atoms with Gasteiger partial charge in [0.15, 0.2) is 0 Å². The first-order chi connectivity index (χ1) is 34.2. The summed E-state index contributed by atoms with van der Waals surface area (Å²) in [5.74, 6) is 0. The van der Waals surface area contributed by atoms with Crippen LogP contribution in [0.1, 0.15) is 0 Å². The van der Waals surface area contributed by atoms with Crippen LogP contribution in [-0.2, 0) is 0 Å². The van der Waals surface area contributed by atoms with E-state index in [4.69, 9.17) is 4.42 Å². The van der Waals surface area contributed by atoms with Crippen molar-refractivity contribution >= 4 is 60.8 Å². The van der Waals surface area contributed by atoms with Crippen LogP contribution in [0.4, 0.5) is 17.1 Å². The predicted octanol–water partition coefficient (Wildman–Crippen LogP) is 18.5. The molecule has 0 radical (unpaired) electrons. The van der Waals surface area contributed by atoms with E-state index >= 15 is 0 Å². The molecule has 13 aromatic rings. The maximum atomic E-state index is 6.19. The van der Waals surface area contributed by atoms with Gasteiger partial charge in [-0.3, -0.25) is 0 Å². The molecular weight excluding hydrogens is 837 g/mol. The van der Waals surface area contributed by atoms with Gasteiger partial charge in [0, 0.05) is 44.3 Å². The van der Waals surface area contributed by atoms with Gasteiger partial charge in [0.05, 0.1) is 11.0 Å². The van der Waals surface area contributed by atoms with Crippen LogP contribution in [0.25, 0.3) is 105 Å². The molecule has 0 amide bonds. The lowest BCUT2D eigenvalue weighted by Crippen LogP contribution is -2.09. The van der Waals surface area contributed by atoms with Crippen molar-refractivity contribution < 1.29 is 4.42 Å². The number of aromatic nitrogens is 1. The summed E-state index contributed by atoms with van der Waals surface area (Å²) in [7, 11) is 0. The van der Waals surface area contributed by atoms with Gasteiger partial charge in [0.2, 0.25) is 0 Å². The van der Waals surface area contributed by atoms with Crippen molar-refractivity contribution in [3.05, 3.63) is 267 Å². The Morgan fingerprint density at radius 2 is 0.623 bits per heavy atom. The van der Waals surface area contributed by atoms with Crippen LogP contribution in [0.3, 0.4) is 0 Å². The van der Waals surface area contributed by atoms with Crippen LogP contribution in [-0.4, -0.2) is 4.57 Å². The van der Waals surface area contributed by atoms with Crippen molar-refractivity contribution in [2.45, 2.75) is 0 Å². The summed E-state index contributed by atoms with van der Waals surface area (Å²) < 4.78 is 8.56.